The molecule has 2 unspecified atom stereocenters. The Morgan fingerprint density at radius 1 is 1.31 bits per heavy atom. The number of anilines is 1. The van der Waals surface area contributed by atoms with E-state index in [-0.39, 0.29) is 11.9 Å². The summed E-state index contributed by atoms with van der Waals surface area (Å²) >= 11 is 0. The van der Waals surface area contributed by atoms with Gasteiger partial charge in [-0.25, -0.2) is 4.98 Å². The molecule has 0 aromatic carbocycles. The van der Waals surface area contributed by atoms with Crippen LogP contribution in [0.3, 0.4) is 0 Å². The van der Waals surface area contributed by atoms with Crippen molar-refractivity contribution in [2.24, 2.45) is 0 Å². The third-order valence-electron chi connectivity index (χ3n) is 5.80. The number of carbonyl (C=O) groups excluding carboxylic acids is 1. The Kier molecular flexibility index (Phi) is 6.10. The zero-order valence-corrected chi connectivity index (χ0v) is 15.9. The summed E-state index contributed by atoms with van der Waals surface area (Å²) in [6, 6.07) is 6.08. The van der Waals surface area contributed by atoms with Gasteiger partial charge in [0.2, 0.25) is 5.91 Å². The van der Waals surface area contributed by atoms with Crippen molar-refractivity contribution in [3.63, 3.8) is 0 Å². The summed E-state index contributed by atoms with van der Waals surface area (Å²) in [6.45, 7) is 8.49. The Balaban J connectivity index is 1.58. The molecule has 6 nitrogen and oxygen atoms in total. The van der Waals surface area contributed by atoms with Gasteiger partial charge in [-0.05, 0) is 44.7 Å². The summed E-state index contributed by atoms with van der Waals surface area (Å²) in [4.78, 5) is 24.0. The van der Waals surface area contributed by atoms with Crippen LogP contribution in [-0.2, 0) is 4.79 Å². The van der Waals surface area contributed by atoms with Crippen LogP contribution in [-0.4, -0.2) is 65.5 Å². The SMILES string of the molecule is CCC1CCCCN1C(=O)C(C)N1CCN(c2cc(C#N)ccn2)CC1. The second-order valence-corrected chi connectivity index (χ2v) is 7.30. The Morgan fingerprint density at radius 3 is 2.77 bits per heavy atom. The number of nitrogens with zero attached hydrogens (tertiary/aromatic N) is 5. The maximum absolute atomic E-state index is 13.0. The van der Waals surface area contributed by atoms with Crippen molar-refractivity contribution in [2.45, 2.75) is 51.6 Å². The highest BCUT2D eigenvalue weighted by atomic mass is 16.2. The zero-order valence-electron chi connectivity index (χ0n) is 15.9. The van der Waals surface area contributed by atoms with Gasteiger partial charge < -0.3 is 9.80 Å². The summed E-state index contributed by atoms with van der Waals surface area (Å²) in [5.41, 5.74) is 0.636. The van der Waals surface area contributed by atoms with Gasteiger partial charge in [0, 0.05) is 45.0 Å². The van der Waals surface area contributed by atoms with E-state index < -0.39 is 0 Å². The molecule has 0 N–H and O–H groups in total. The third-order valence-corrected chi connectivity index (χ3v) is 5.80. The molecule has 2 fully saturated rings. The molecule has 6 heteroatoms. The van der Waals surface area contributed by atoms with E-state index in [1.807, 2.05) is 13.0 Å². The topological polar surface area (TPSA) is 63.5 Å². The maximum atomic E-state index is 13.0. The highest BCUT2D eigenvalue weighted by Crippen LogP contribution is 2.22. The molecule has 0 bridgehead atoms. The number of carbonyl (C=O) groups is 1. The van der Waals surface area contributed by atoms with Gasteiger partial charge in [-0.3, -0.25) is 9.69 Å². The lowest BCUT2D eigenvalue weighted by atomic mass is 9.99. The number of pyridine rings is 1. The molecule has 3 rings (SSSR count). The number of nitriles is 1. The van der Waals surface area contributed by atoms with Gasteiger partial charge >= 0.3 is 0 Å². The van der Waals surface area contributed by atoms with Crippen LogP contribution >= 0.6 is 0 Å². The van der Waals surface area contributed by atoms with E-state index >= 15 is 0 Å². The second-order valence-electron chi connectivity index (χ2n) is 7.30. The molecule has 2 aliphatic rings. The van der Waals surface area contributed by atoms with E-state index in [0.717, 1.165) is 57.8 Å². The average molecular weight is 355 g/mol. The van der Waals surface area contributed by atoms with E-state index in [4.69, 9.17) is 5.26 Å². The van der Waals surface area contributed by atoms with E-state index in [2.05, 4.69) is 32.7 Å². The highest BCUT2D eigenvalue weighted by molar-refractivity contribution is 5.82. The number of likely N-dealkylation sites (tertiary alicyclic amines) is 1. The Morgan fingerprint density at radius 2 is 2.08 bits per heavy atom. The molecule has 2 aliphatic heterocycles. The van der Waals surface area contributed by atoms with E-state index in [1.165, 1.54) is 6.42 Å². The molecule has 3 heterocycles. The fraction of sp³-hybridized carbons (Fsp3) is 0.650. The predicted octanol–water partition coefficient (Wildman–Crippen LogP) is 2.25. The highest BCUT2D eigenvalue weighted by Gasteiger charge is 2.32. The van der Waals surface area contributed by atoms with Gasteiger partial charge in [0.05, 0.1) is 17.7 Å². The molecule has 0 spiro atoms. The van der Waals surface area contributed by atoms with Crippen LogP contribution in [0.25, 0.3) is 0 Å². The molecule has 0 aliphatic carbocycles. The summed E-state index contributed by atoms with van der Waals surface area (Å²) in [5, 5.41) is 9.06. The molecule has 140 valence electrons. The van der Waals surface area contributed by atoms with Crippen LogP contribution in [0.2, 0.25) is 0 Å². The number of hydrogen-bond donors (Lipinski definition) is 0. The molecule has 0 radical (unpaired) electrons. The first-order valence-corrected chi connectivity index (χ1v) is 9.79. The Hall–Kier alpha value is -2.13. The number of amides is 1. The van der Waals surface area contributed by atoms with Crippen LogP contribution in [0.5, 0.6) is 0 Å². The van der Waals surface area contributed by atoms with Crippen molar-refractivity contribution in [2.75, 3.05) is 37.6 Å². The minimum atomic E-state index is -0.0669. The largest absolute Gasteiger partial charge is 0.354 e. The minimum absolute atomic E-state index is 0.0669. The van der Waals surface area contributed by atoms with Crippen LogP contribution in [0.15, 0.2) is 18.3 Å². The van der Waals surface area contributed by atoms with Crippen molar-refractivity contribution in [3.8, 4) is 6.07 Å². The van der Waals surface area contributed by atoms with Crippen molar-refractivity contribution < 1.29 is 4.79 Å². The van der Waals surface area contributed by atoms with E-state index in [9.17, 15) is 4.79 Å². The standard InChI is InChI=1S/C20H29N5O/c1-3-18-6-4-5-9-25(18)20(26)16(2)23-10-12-24(13-11-23)19-14-17(15-21)7-8-22-19/h7-8,14,16,18H,3-6,9-13H2,1-2H3. The lowest BCUT2D eigenvalue weighted by molar-refractivity contribution is -0.140. The lowest BCUT2D eigenvalue weighted by Gasteiger charge is -2.42. The van der Waals surface area contributed by atoms with Crippen molar-refractivity contribution in [3.05, 3.63) is 23.9 Å². The lowest BCUT2D eigenvalue weighted by Crippen LogP contribution is -2.56. The maximum Gasteiger partial charge on any atom is 0.239 e. The van der Waals surface area contributed by atoms with Gasteiger partial charge in [0.15, 0.2) is 0 Å². The predicted molar refractivity (Wildman–Crippen MR) is 102 cm³/mol. The normalized spacial score (nSPS) is 22.7. The molecular formula is C20H29N5O. The van der Waals surface area contributed by atoms with Crippen molar-refractivity contribution in [1.29, 1.82) is 5.26 Å². The molecule has 2 saturated heterocycles. The summed E-state index contributed by atoms with van der Waals surface area (Å²) in [6.07, 6.45) is 6.25. The fourth-order valence-electron chi connectivity index (χ4n) is 4.11. The van der Waals surface area contributed by atoms with Gasteiger partial charge in [0.1, 0.15) is 5.82 Å². The number of rotatable bonds is 4. The first kappa shape index (κ1) is 18.7. The monoisotopic (exact) mass is 355 g/mol. The molecule has 2 atom stereocenters. The Bertz CT molecular complexity index is 662. The number of piperidine rings is 1. The van der Waals surface area contributed by atoms with Crippen LogP contribution in [0.4, 0.5) is 5.82 Å². The Labute approximate surface area is 156 Å². The molecule has 1 aromatic rings. The minimum Gasteiger partial charge on any atom is -0.354 e. The van der Waals surface area contributed by atoms with Crippen molar-refractivity contribution in [1.82, 2.24) is 14.8 Å². The molecule has 1 amide bonds. The molecule has 26 heavy (non-hydrogen) atoms. The van der Waals surface area contributed by atoms with Gasteiger partial charge in [0.25, 0.3) is 0 Å². The second kappa shape index (κ2) is 8.50. The molecule has 0 saturated carbocycles. The van der Waals surface area contributed by atoms with Crippen LogP contribution in [0, 0.1) is 11.3 Å². The summed E-state index contributed by atoms with van der Waals surface area (Å²) < 4.78 is 0. The number of aromatic nitrogens is 1. The van der Waals surface area contributed by atoms with Crippen LogP contribution < -0.4 is 4.90 Å². The van der Waals surface area contributed by atoms with Crippen LogP contribution in [0.1, 0.15) is 45.1 Å². The average Bonchev–Trinajstić information content (AvgIpc) is 2.72. The smallest absolute Gasteiger partial charge is 0.239 e. The zero-order chi connectivity index (χ0) is 18.5. The third kappa shape index (κ3) is 3.99. The number of piperazine rings is 1. The number of hydrogen-bond acceptors (Lipinski definition) is 5. The molecular weight excluding hydrogens is 326 g/mol. The van der Waals surface area contributed by atoms with Gasteiger partial charge in [-0.15, -0.1) is 0 Å². The van der Waals surface area contributed by atoms with Gasteiger partial charge in [-0.1, -0.05) is 6.92 Å². The van der Waals surface area contributed by atoms with Gasteiger partial charge in [-0.2, -0.15) is 5.26 Å². The van der Waals surface area contributed by atoms with E-state index in [1.54, 1.807) is 12.3 Å². The fourth-order valence-corrected chi connectivity index (χ4v) is 4.11. The molecule has 1 aromatic heterocycles. The van der Waals surface area contributed by atoms with Crippen molar-refractivity contribution >= 4 is 11.7 Å². The first-order valence-electron chi connectivity index (χ1n) is 9.79. The van der Waals surface area contributed by atoms with E-state index in [0.29, 0.717) is 11.6 Å². The first-order chi connectivity index (χ1) is 12.6. The quantitative estimate of drug-likeness (QED) is 0.829. The summed E-state index contributed by atoms with van der Waals surface area (Å²) in [5.74, 6) is 1.14. The summed E-state index contributed by atoms with van der Waals surface area (Å²) in [7, 11) is 0.